The molecule has 30 heavy (non-hydrogen) atoms. The van der Waals surface area contributed by atoms with Crippen molar-refractivity contribution in [2.24, 2.45) is 5.41 Å². The lowest BCUT2D eigenvalue weighted by atomic mass is 9.92. The average Bonchev–Trinajstić information content (AvgIpc) is 2.94. The second-order valence-electron chi connectivity index (χ2n) is 9.97. The molecule has 0 aromatic heterocycles. The van der Waals surface area contributed by atoms with Crippen LogP contribution in [0.5, 0.6) is 0 Å². The van der Waals surface area contributed by atoms with E-state index in [-0.39, 0.29) is 48.0 Å². The monoisotopic (exact) mass is 425 g/mol. The molecule has 0 saturated carbocycles. The fraction of sp³-hybridized carbons (Fsp3) is 0.857. The van der Waals surface area contributed by atoms with E-state index in [0.29, 0.717) is 19.5 Å². The minimum absolute atomic E-state index is 0.0196. The molecule has 0 spiro atoms. The third kappa shape index (κ3) is 7.43. The van der Waals surface area contributed by atoms with Crippen molar-refractivity contribution in [1.29, 1.82) is 0 Å². The third-order valence-corrected chi connectivity index (χ3v) is 5.45. The Bertz CT molecular complexity index is 619. The summed E-state index contributed by atoms with van der Waals surface area (Å²) in [7, 11) is 1.46. The first-order chi connectivity index (χ1) is 14.0. The molecule has 2 heterocycles. The number of carbonyl (C=O) groups is 3. The summed E-state index contributed by atoms with van der Waals surface area (Å²) in [6.07, 6.45) is 1.70. The molecule has 2 rings (SSSR count). The van der Waals surface area contributed by atoms with Gasteiger partial charge in [0.15, 0.2) is 0 Å². The lowest BCUT2D eigenvalue weighted by molar-refractivity contribution is -0.137. The van der Waals surface area contributed by atoms with Crippen LogP contribution in [-0.4, -0.2) is 91.7 Å². The number of amides is 4. The Hall–Kier alpha value is -1.87. The maximum Gasteiger partial charge on any atom is 0.315 e. The quantitative estimate of drug-likeness (QED) is 0.553. The fourth-order valence-corrected chi connectivity index (χ4v) is 4.01. The van der Waals surface area contributed by atoms with E-state index < -0.39 is 6.04 Å². The Morgan fingerprint density at radius 3 is 2.47 bits per heavy atom. The average molecular weight is 426 g/mol. The van der Waals surface area contributed by atoms with Crippen molar-refractivity contribution in [3.63, 3.8) is 0 Å². The zero-order chi connectivity index (χ0) is 22.5. The van der Waals surface area contributed by atoms with Crippen molar-refractivity contribution in [3.8, 4) is 0 Å². The van der Waals surface area contributed by atoms with Gasteiger partial charge in [0.25, 0.3) is 0 Å². The summed E-state index contributed by atoms with van der Waals surface area (Å²) in [5.74, 6) is -0.383. The highest BCUT2D eigenvalue weighted by Gasteiger charge is 2.43. The molecule has 2 aliphatic rings. The number of rotatable bonds is 7. The van der Waals surface area contributed by atoms with E-state index in [9.17, 15) is 14.4 Å². The van der Waals surface area contributed by atoms with E-state index in [2.05, 4.69) is 41.6 Å². The Morgan fingerprint density at radius 2 is 1.87 bits per heavy atom. The van der Waals surface area contributed by atoms with Crippen LogP contribution in [0.3, 0.4) is 0 Å². The number of nitrogens with zero attached hydrogens (tertiary/aromatic N) is 2. The molecule has 0 aromatic rings. The first-order valence-electron chi connectivity index (χ1n) is 10.9. The predicted octanol–water partition coefficient (Wildman–Crippen LogP) is 0.547. The summed E-state index contributed by atoms with van der Waals surface area (Å²) >= 11 is 0. The zero-order valence-electron chi connectivity index (χ0n) is 19.3. The van der Waals surface area contributed by atoms with E-state index >= 15 is 0 Å². The minimum atomic E-state index is -0.610. The summed E-state index contributed by atoms with van der Waals surface area (Å²) in [5, 5.41) is 8.65. The molecule has 2 fully saturated rings. The van der Waals surface area contributed by atoms with E-state index in [1.54, 1.807) is 0 Å². The minimum Gasteiger partial charge on any atom is -0.375 e. The maximum absolute atomic E-state index is 13.2. The van der Waals surface area contributed by atoms with E-state index in [0.717, 1.165) is 19.5 Å². The van der Waals surface area contributed by atoms with Gasteiger partial charge in [-0.25, -0.2) is 4.79 Å². The summed E-state index contributed by atoms with van der Waals surface area (Å²) in [4.78, 5) is 41.6. The molecule has 3 atom stereocenters. The van der Waals surface area contributed by atoms with Crippen LogP contribution in [0.2, 0.25) is 0 Å². The second-order valence-corrected chi connectivity index (χ2v) is 9.97. The topological polar surface area (TPSA) is 103 Å². The first kappa shape index (κ1) is 24.4. The predicted molar refractivity (Wildman–Crippen MR) is 115 cm³/mol. The Kier molecular flexibility index (Phi) is 8.49. The van der Waals surface area contributed by atoms with E-state index in [4.69, 9.17) is 4.74 Å². The largest absolute Gasteiger partial charge is 0.375 e. The molecular formula is C21H39N5O4. The molecular weight excluding hydrogens is 386 g/mol. The molecule has 9 nitrogen and oxygen atoms in total. The van der Waals surface area contributed by atoms with Crippen molar-refractivity contribution in [1.82, 2.24) is 25.8 Å². The number of ether oxygens (including phenoxy) is 1. The van der Waals surface area contributed by atoms with Gasteiger partial charge in [-0.2, -0.15) is 0 Å². The van der Waals surface area contributed by atoms with Crippen LogP contribution >= 0.6 is 0 Å². The number of hydrogen-bond donors (Lipinski definition) is 3. The summed E-state index contributed by atoms with van der Waals surface area (Å²) < 4.78 is 4.90. The van der Waals surface area contributed by atoms with Gasteiger partial charge in [-0.3, -0.25) is 14.5 Å². The fourth-order valence-electron chi connectivity index (χ4n) is 4.01. The molecule has 0 bridgehead atoms. The number of carbonyl (C=O) groups excluding carboxylic acids is 3. The highest BCUT2D eigenvalue weighted by Crippen LogP contribution is 2.25. The van der Waals surface area contributed by atoms with E-state index in [1.807, 2.05) is 18.7 Å². The van der Waals surface area contributed by atoms with Gasteiger partial charge in [-0.05, 0) is 38.6 Å². The maximum atomic E-state index is 13.2. The van der Waals surface area contributed by atoms with Crippen LogP contribution in [0.1, 0.15) is 47.5 Å². The highest BCUT2D eigenvalue weighted by atomic mass is 16.5. The van der Waals surface area contributed by atoms with Gasteiger partial charge in [-0.15, -0.1) is 0 Å². The summed E-state index contributed by atoms with van der Waals surface area (Å²) in [6, 6.07) is -0.857. The SMILES string of the molecule is COCC(=O)N[C@H]1CN(CCC(C)(C)C)C[C@@H]2C[C@H](NC(=O)NC(C)C)CN2C1=O. The van der Waals surface area contributed by atoms with Gasteiger partial charge in [0, 0.05) is 38.8 Å². The van der Waals surface area contributed by atoms with Crippen LogP contribution in [0.25, 0.3) is 0 Å². The number of fused-ring (bicyclic) bond motifs is 1. The lowest BCUT2D eigenvalue weighted by Gasteiger charge is -2.28. The van der Waals surface area contributed by atoms with Gasteiger partial charge in [0.2, 0.25) is 11.8 Å². The Labute approximate surface area is 180 Å². The molecule has 0 radical (unpaired) electrons. The molecule has 0 unspecified atom stereocenters. The molecule has 0 aliphatic carbocycles. The molecule has 2 aliphatic heterocycles. The number of hydrogen-bond acceptors (Lipinski definition) is 5. The van der Waals surface area contributed by atoms with Gasteiger partial charge in [-0.1, -0.05) is 20.8 Å². The number of urea groups is 1. The van der Waals surface area contributed by atoms with Crippen molar-refractivity contribution in [2.45, 2.75) is 71.6 Å². The Balaban J connectivity index is 2.10. The normalized spacial score (nSPS) is 25.1. The summed E-state index contributed by atoms with van der Waals surface area (Å²) in [5.41, 5.74) is 0.180. The Morgan fingerprint density at radius 1 is 1.17 bits per heavy atom. The third-order valence-electron chi connectivity index (χ3n) is 5.45. The number of methoxy groups -OCH3 is 1. The van der Waals surface area contributed by atoms with Gasteiger partial charge in [0.1, 0.15) is 12.6 Å². The smallest absolute Gasteiger partial charge is 0.315 e. The molecule has 3 N–H and O–H groups in total. The van der Waals surface area contributed by atoms with Crippen LogP contribution in [0, 0.1) is 5.41 Å². The number of nitrogens with one attached hydrogen (secondary N) is 3. The standard InChI is InChI=1S/C21H39N5O4/c1-14(2)22-20(29)23-15-9-16-11-25(8-7-21(3,4)5)12-17(19(28)26(16)10-15)24-18(27)13-30-6/h14-17H,7-13H2,1-6H3,(H,24,27)(H2,22,23,29)/t15-,16-,17-/m0/s1. The molecule has 9 heteroatoms. The van der Waals surface area contributed by atoms with Crippen molar-refractivity contribution in [2.75, 3.05) is 39.9 Å². The molecule has 4 amide bonds. The highest BCUT2D eigenvalue weighted by molar-refractivity contribution is 5.89. The van der Waals surface area contributed by atoms with Crippen molar-refractivity contribution < 1.29 is 19.1 Å². The van der Waals surface area contributed by atoms with Crippen LogP contribution in [-0.2, 0) is 14.3 Å². The van der Waals surface area contributed by atoms with Crippen LogP contribution in [0.15, 0.2) is 0 Å². The lowest BCUT2D eigenvalue weighted by Crippen LogP contribution is -2.52. The van der Waals surface area contributed by atoms with E-state index in [1.165, 1.54) is 7.11 Å². The van der Waals surface area contributed by atoms with Crippen molar-refractivity contribution in [3.05, 3.63) is 0 Å². The zero-order valence-corrected chi connectivity index (χ0v) is 19.3. The van der Waals surface area contributed by atoms with Crippen LogP contribution in [0.4, 0.5) is 4.79 Å². The summed E-state index contributed by atoms with van der Waals surface area (Å²) in [6.45, 7) is 12.9. The molecule has 172 valence electrons. The molecule has 2 saturated heterocycles. The molecule has 0 aromatic carbocycles. The van der Waals surface area contributed by atoms with Gasteiger partial charge >= 0.3 is 6.03 Å². The van der Waals surface area contributed by atoms with Crippen molar-refractivity contribution >= 4 is 17.8 Å². The second kappa shape index (κ2) is 10.4. The first-order valence-corrected chi connectivity index (χ1v) is 10.9. The van der Waals surface area contributed by atoms with Gasteiger partial charge in [0.05, 0.1) is 6.04 Å². The van der Waals surface area contributed by atoms with Crippen LogP contribution < -0.4 is 16.0 Å². The van der Waals surface area contributed by atoms with Gasteiger partial charge < -0.3 is 25.6 Å².